The lowest BCUT2D eigenvalue weighted by atomic mass is 9.65. The molecule has 2 saturated carbocycles. The molecule has 2 aliphatic heterocycles. The van der Waals surface area contributed by atoms with E-state index in [4.69, 9.17) is 9.47 Å². The lowest BCUT2D eigenvalue weighted by Crippen LogP contribution is -2.57. The molecule has 3 atom stereocenters. The fraction of sp³-hybridized carbons (Fsp3) is 0.880. The zero-order valence-electron chi connectivity index (χ0n) is 20.5. The first-order chi connectivity index (χ1) is 15.8. The SMILES string of the molecule is CC1CC(CC(OC(=O)N2CCOCC2)C(=O)NC2(C#N)CCN(C)CC2)CC(C)C12CC2. The molecule has 33 heavy (non-hydrogen) atoms. The summed E-state index contributed by atoms with van der Waals surface area (Å²) in [6, 6.07) is 2.35. The Morgan fingerprint density at radius 1 is 1.09 bits per heavy atom. The average molecular weight is 461 g/mol. The predicted molar refractivity (Wildman–Crippen MR) is 123 cm³/mol. The van der Waals surface area contributed by atoms with E-state index >= 15 is 0 Å². The van der Waals surface area contributed by atoms with E-state index < -0.39 is 17.7 Å². The maximum Gasteiger partial charge on any atom is 0.410 e. The second-order valence-electron chi connectivity index (χ2n) is 11.1. The van der Waals surface area contributed by atoms with E-state index in [1.807, 2.05) is 7.05 Å². The maximum atomic E-state index is 13.5. The molecule has 2 aliphatic carbocycles. The first-order valence-corrected chi connectivity index (χ1v) is 12.7. The number of carbonyl (C=O) groups is 2. The summed E-state index contributed by atoms with van der Waals surface area (Å²) in [5.74, 6) is 1.27. The van der Waals surface area contributed by atoms with E-state index in [0.29, 0.717) is 68.7 Å². The minimum atomic E-state index is -0.890. The molecule has 2 amide bonds. The molecule has 4 rings (SSSR count). The first kappa shape index (κ1) is 24.3. The van der Waals surface area contributed by atoms with Crippen LogP contribution in [0.5, 0.6) is 0 Å². The number of carbonyl (C=O) groups excluding carboxylic acids is 2. The largest absolute Gasteiger partial charge is 0.436 e. The van der Waals surface area contributed by atoms with Crippen LogP contribution >= 0.6 is 0 Å². The van der Waals surface area contributed by atoms with Crippen LogP contribution < -0.4 is 5.32 Å². The summed E-state index contributed by atoms with van der Waals surface area (Å²) in [4.78, 5) is 30.1. The Bertz CT molecular complexity index is 749. The van der Waals surface area contributed by atoms with Gasteiger partial charge in [0.1, 0.15) is 5.54 Å². The highest BCUT2D eigenvalue weighted by Crippen LogP contribution is 2.63. The molecule has 3 unspecified atom stereocenters. The fourth-order valence-corrected chi connectivity index (χ4v) is 6.41. The van der Waals surface area contributed by atoms with Crippen LogP contribution in [0.1, 0.15) is 58.8 Å². The number of hydrogen-bond donors (Lipinski definition) is 1. The van der Waals surface area contributed by atoms with Crippen molar-refractivity contribution < 1.29 is 19.1 Å². The Hall–Kier alpha value is -1.85. The fourth-order valence-electron chi connectivity index (χ4n) is 6.41. The highest BCUT2D eigenvalue weighted by molar-refractivity contribution is 5.84. The van der Waals surface area contributed by atoms with Crippen molar-refractivity contribution in [3.63, 3.8) is 0 Å². The van der Waals surface area contributed by atoms with Gasteiger partial charge in [0.15, 0.2) is 6.10 Å². The van der Waals surface area contributed by atoms with Gasteiger partial charge in [-0.05, 0) is 75.2 Å². The Labute approximate surface area is 197 Å². The van der Waals surface area contributed by atoms with Gasteiger partial charge in [0.2, 0.25) is 0 Å². The van der Waals surface area contributed by atoms with Gasteiger partial charge in [0, 0.05) is 26.2 Å². The van der Waals surface area contributed by atoms with E-state index in [9.17, 15) is 14.9 Å². The number of morpholine rings is 1. The summed E-state index contributed by atoms with van der Waals surface area (Å²) in [6.07, 6.45) is 5.12. The molecule has 8 heteroatoms. The predicted octanol–water partition coefficient (Wildman–Crippen LogP) is 2.78. The molecule has 4 aliphatic rings. The first-order valence-electron chi connectivity index (χ1n) is 12.7. The van der Waals surface area contributed by atoms with E-state index in [0.717, 1.165) is 25.9 Å². The molecule has 0 bridgehead atoms. The van der Waals surface area contributed by atoms with Crippen molar-refractivity contribution in [3.8, 4) is 6.07 Å². The van der Waals surface area contributed by atoms with Crippen LogP contribution in [0.3, 0.4) is 0 Å². The van der Waals surface area contributed by atoms with Gasteiger partial charge in [0.25, 0.3) is 5.91 Å². The number of nitrogens with zero attached hydrogens (tertiary/aromatic N) is 3. The number of piperidine rings is 1. The van der Waals surface area contributed by atoms with E-state index in [-0.39, 0.29) is 5.91 Å². The molecule has 2 saturated heterocycles. The third kappa shape index (κ3) is 5.30. The zero-order chi connectivity index (χ0) is 23.6. The number of likely N-dealkylation sites (tertiary alicyclic amines) is 1. The molecule has 1 spiro atoms. The average Bonchev–Trinajstić information content (AvgIpc) is 3.62. The molecule has 184 valence electrons. The maximum absolute atomic E-state index is 13.5. The zero-order valence-corrected chi connectivity index (χ0v) is 20.5. The Balaban J connectivity index is 1.45. The van der Waals surface area contributed by atoms with Crippen molar-refractivity contribution in [2.24, 2.45) is 23.2 Å². The monoisotopic (exact) mass is 460 g/mol. The number of ether oxygens (including phenoxy) is 2. The summed E-state index contributed by atoms with van der Waals surface area (Å²) in [5, 5.41) is 12.9. The number of nitriles is 1. The summed E-state index contributed by atoms with van der Waals surface area (Å²) < 4.78 is 11.2. The van der Waals surface area contributed by atoms with Gasteiger partial charge in [0.05, 0.1) is 19.3 Å². The molecule has 4 fully saturated rings. The minimum absolute atomic E-state index is 0.324. The van der Waals surface area contributed by atoms with Gasteiger partial charge in [-0.1, -0.05) is 13.8 Å². The minimum Gasteiger partial charge on any atom is -0.436 e. The molecular weight excluding hydrogens is 420 g/mol. The highest BCUT2D eigenvalue weighted by atomic mass is 16.6. The third-order valence-corrected chi connectivity index (χ3v) is 8.93. The molecule has 8 nitrogen and oxygen atoms in total. The van der Waals surface area contributed by atoms with Gasteiger partial charge < -0.3 is 24.6 Å². The van der Waals surface area contributed by atoms with Crippen LogP contribution in [-0.2, 0) is 14.3 Å². The summed E-state index contributed by atoms with van der Waals surface area (Å²) in [7, 11) is 2.02. The Kier molecular flexibility index (Phi) is 7.20. The molecule has 0 aromatic rings. The van der Waals surface area contributed by atoms with Crippen molar-refractivity contribution in [2.75, 3.05) is 46.4 Å². The highest BCUT2D eigenvalue weighted by Gasteiger charge is 2.54. The van der Waals surface area contributed by atoms with E-state index in [2.05, 4.69) is 30.1 Å². The lowest BCUT2D eigenvalue weighted by Gasteiger charge is -2.41. The van der Waals surface area contributed by atoms with Crippen molar-refractivity contribution in [1.29, 1.82) is 5.26 Å². The van der Waals surface area contributed by atoms with Crippen molar-refractivity contribution in [1.82, 2.24) is 15.1 Å². The van der Waals surface area contributed by atoms with Crippen LogP contribution in [-0.4, -0.2) is 79.9 Å². The van der Waals surface area contributed by atoms with Crippen molar-refractivity contribution in [2.45, 2.75) is 70.4 Å². The Morgan fingerprint density at radius 3 is 2.24 bits per heavy atom. The normalized spacial score (nSPS) is 31.9. The van der Waals surface area contributed by atoms with E-state index in [1.165, 1.54) is 12.8 Å². The molecule has 0 aromatic carbocycles. The number of nitrogens with one attached hydrogen (secondary N) is 1. The second-order valence-corrected chi connectivity index (χ2v) is 11.1. The van der Waals surface area contributed by atoms with Crippen molar-refractivity contribution >= 4 is 12.0 Å². The molecule has 2 heterocycles. The van der Waals surface area contributed by atoms with Crippen LogP contribution in [0.4, 0.5) is 4.79 Å². The van der Waals surface area contributed by atoms with Gasteiger partial charge in [-0.2, -0.15) is 5.26 Å². The van der Waals surface area contributed by atoms with Gasteiger partial charge in [-0.3, -0.25) is 4.79 Å². The van der Waals surface area contributed by atoms with Gasteiger partial charge >= 0.3 is 6.09 Å². The van der Waals surface area contributed by atoms with Crippen LogP contribution in [0, 0.1) is 34.5 Å². The summed E-state index contributed by atoms with van der Waals surface area (Å²) in [6.45, 7) is 8.11. The van der Waals surface area contributed by atoms with Crippen LogP contribution in [0.15, 0.2) is 0 Å². The Morgan fingerprint density at radius 2 is 1.70 bits per heavy atom. The lowest BCUT2D eigenvalue weighted by molar-refractivity contribution is -0.133. The van der Waals surface area contributed by atoms with Crippen LogP contribution in [0.2, 0.25) is 0 Å². The smallest absolute Gasteiger partial charge is 0.410 e. The third-order valence-electron chi connectivity index (χ3n) is 8.93. The van der Waals surface area contributed by atoms with E-state index in [1.54, 1.807) is 4.90 Å². The molecule has 0 aromatic heterocycles. The molecular formula is C25H40N4O4. The standard InChI is InChI=1S/C25H40N4O4/c1-18-14-20(15-19(2)25(18)4-5-25)16-21(33-23(31)29-10-12-32-13-11-29)22(30)27-24(17-26)6-8-28(3)9-7-24/h18-21H,4-16H2,1-3H3,(H,27,30). The summed E-state index contributed by atoms with van der Waals surface area (Å²) in [5.41, 5.74) is -0.393. The van der Waals surface area contributed by atoms with Gasteiger partial charge in [-0.15, -0.1) is 0 Å². The quantitative estimate of drug-likeness (QED) is 0.678. The van der Waals surface area contributed by atoms with Crippen LogP contribution in [0.25, 0.3) is 0 Å². The molecule has 1 N–H and O–H groups in total. The number of amides is 2. The topological polar surface area (TPSA) is 94.9 Å². The molecule has 0 radical (unpaired) electrons. The number of rotatable bonds is 5. The summed E-state index contributed by atoms with van der Waals surface area (Å²) >= 11 is 0. The second kappa shape index (κ2) is 9.79. The van der Waals surface area contributed by atoms with Crippen molar-refractivity contribution in [3.05, 3.63) is 0 Å². The number of hydrogen-bond acceptors (Lipinski definition) is 6. The van der Waals surface area contributed by atoms with Gasteiger partial charge in [-0.25, -0.2) is 4.79 Å².